The molecule has 42 heavy (non-hydrogen) atoms. The summed E-state index contributed by atoms with van der Waals surface area (Å²) in [4.78, 5) is 33.3. The van der Waals surface area contributed by atoms with E-state index in [1.165, 1.54) is 54.1 Å². The molecule has 0 radical (unpaired) electrons. The van der Waals surface area contributed by atoms with Gasteiger partial charge >= 0.3 is 0 Å². The summed E-state index contributed by atoms with van der Waals surface area (Å²) in [5, 5.41) is 4.53. The Hall–Kier alpha value is -3.20. The normalized spacial score (nSPS) is 13.5. The number of methoxy groups -OCH3 is 2. The number of aromatic nitrogens is 1. The third-order valence-corrected chi connectivity index (χ3v) is 11.2. The number of para-hydroxylation sites is 1. The van der Waals surface area contributed by atoms with Gasteiger partial charge in [0.1, 0.15) is 10.0 Å². The number of thiazole rings is 1. The first kappa shape index (κ1) is 30.3. The van der Waals surface area contributed by atoms with Crippen LogP contribution >= 0.6 is 22.7 Å². The molecule has 0 bridgehead atoms. The van der Waals surface area contributed by atoms with E-state index < -0.39 is 10.0 Å². The van der Waals surface area contributed by atoms with Crippen LogP contribution in [0.2, 0.25) is 0 Å². The van der Waals surface area contributed by atoms with E-state index >= 15 is 0 Å². The van der Waals surface area contributed by atoms with Gasteiger partial charge in [-0.3, -0.25) is 9.59 Å². The average Bonchev–Trinajstić information content (AvgIpc) is 3.57. The number of thiophene rings is 1. The van der Waals surface area contributed by atoms with Gasteiger partial charge in [0.25, 0.3) is 5.91 Å². The number of hydrogen-bond acceptors (Lipinski definition) is 9. The lowest BCUT2D eigenvalue weighted by Crippen LogP contribution is -2.36. The van der Waals surface area contributed by atoms with E-state index in [1.807, 2.05) is 24.3 Å². The second-order valence-electron chi connectivity index (χ2n) is 9.75. The standard InChI is InChI=1S/C29H32N4O6S3/c1-19(34)32-13-12-22-25(18-32)41-29(26(22)28-30-23-6-4-5-7-24(23)40-28)31-27(35)20-8-10-21(11-9-20)42(36,37)33(14-16-38-2)15-17-39-3/h4-11H,12-18H2,1-3H3,(H,31,35). The molecule has 1 N–H and O–H groups in total. The van der Waals surface area contributed by atoms with Gasteiger partial charge in [-0.1, -0.05) is 12.1 Å². The highest BCUT2D eigenvalue weighted by Gasteiger charge is 2.29. The Bertz CT molecular complexity index is 1660. The third kappa shape index (κ3) is 6.26. The summed E-state index contributed by atoms with van der Waals surface area (Å²) in [5.41, 5.74) is 3.19. The zero-order valence-corrected chi connectivity index (χ0v) is 26.0. The largest absolute Gasteiger partial charge is 0.383 e. The topological polar surface area (TPSA) is 118 Å². The van der Waals surface area contributed by atoms with Gasteiger partial charge in [0.2, 0.25) is 15.9 Å². The summed E-state index contributed by atoms with van der Waals surface area (Å²) >= 11 is 3.02. The number of carbonyl (C=O) groups excluding carboxylic acids is 2. The highest BCUT2D eigenvalue weighted by atomic mass is 32.2. The van der Waals surface area contributed by atoms with Crippen LogP contribution in [0.1, 0.15) is 27.7 Å². The summed E-state index contributed by atoms with van der Waals surface area (Å²) in [7, 11) is -0.784. The summed E-state index contributed by atoms with van der Waals surface area (Å²) < 4.78 is 39.0. The number of benzene rings is 2. The van der Waals surface area contributed by atoms with E-state index in [0.29, 0.717) is 30.1 Å². The number of amides is 2. The van der Waals surface area contributed by atoms with Gasteiger partial charge in [-0.05, 0) is 48.4 Å². The number of sulfonamides is 1. The van der Waals surface area contributed by atoms with Crippen LogP contribution in [0.15, 0.2) is 53.4 Å². The Kier molecular flexibility index (Phi) is 9.35. The predicted octanol–water partition coefficient (Wildman–Crippen LogP) is 4.47. The molecule has 1 aliphatic heterocycles. The summed E-state index contributed by atoms with van der Waals surface area (Å²) in [6.45, 7) is 3.51. The van der Waals surface area contributed by atoms with Crippen molar-refractivity contribution in [2.45, 2.75) is 24.8 Å². The molecular weight excluding hydrogens is 597 g/mol. The molecule has 0 spiro atoms. The van der Waals surface area contributed by atoms with Gasteiger partial charge in [-0.25, -0.2) is 13.4 Å². The first-order valence-electron chi connectivity index (χ1n) is 13.4. The summed E-state index contributed by atoms with van der Waals surface area (Å²) in [6, 6.07) is 13.8. The van der Waals surface area contributed by atoms with Gasteiger partial charge < -0.3 is 19.7 Å². The maximum Gasteiger partial charge on any atom is 0.256 e. The SMILES string of the molecule is COCCN(CCOC)S(=O)(=O)c1ccc(C(=O)Nc2sc3c(c2-c2nc4ccccc4s2)CCN(C(C)=O)C3)cc1. The molecule has 3 heterocycles. The van der Waals surface area contributed by atoms with E-state index in [0.717, 1.165) is 31.2 Å². The molecule has 10 nitrogen and oxygen atoms in total. The molecule has 2 amide bonds. The molecule has 2 aromatic carbocycles. The van der Waals surface area contributed by atoms with E-state index in [-0.39, 0.29) is 43.0 Å². The molecular formula is C29H32N4O6S3. The molecule has 0 saturated carbocycles. The van der Waals surface area contributed by atoms with Crippen molar-refractivity contribution < 1.29 is 27.5 Å². The molecule has 1 aliphatic rings. The second kappa shape index (κ2) is 13.0. The molecule has 222 valence electrons. The van der Waals surface area contributed by atoms with Crippen molar-refractivity contribution in [3.63, 3.8) is 0 Å². The highest BCUT2D eigenvalue weighted by Crippen LogP contribution is 2.45. The van der Waals surface area contributed by atoms with Crippen LogP contribution in [0.3, 0.4) is 0 Å². The lowest BCUT2D eigenvalue weighted by molar-refractivity contribution is -0.129. The third-order valence-electron chi connectivity index (χ3n) is 7.08. The van der Waals surface area contributed by atoms with E-state index in [1.54, 1.807) is 23.2 Å². The van der Waals surface area contributed by atoms with Gasteiger partial charge in [-0.15, -0.1) is 22.7 Å². The van der Waals surface area contributed by atoms with Gasteiger partial charge in [0.15, 0.2) is 0 Å². The van der Waals surface area contributed by atoms with Crippen LogP contribution < -0.4 is 5.32 Å². The first-order chi connectivity index (χ1) is 20.2. The van der Waals surface area contributed by atoms with Crippen molar-refractivity contribution in [3.05, 3.63) is 64.5 Å². The number of anilines is 1. The number of ether oxygens (including phenoxy) is 2. The molecule has 5 rings (SSSR count). The lowest BCUT2D eigenvalue weighted by Gasteiger charge is -2.26. The average molecular weight is 629 g/mol. The first-order valence-corrected chi connectivity index (χ1v) is 16.5. The van der Waals surface area contributed by atoms with E-state index in [9.17, 15) is 18.0 Å². The predicted molar refractivity (Wildman–Crippen MR) is 165 cm³/mol. The Morgan fingerprint density at radius 2 is 1.71 bits per heavy atom. The number of nitrogens with zero attached hydrogens (tertiary/aromatic N) is 3. The van der Waals surface area contributed by atoms with Crippen molar-refractivity contribution >= 4 is 59.7 Å². The fourth-order valence-corrected chi connectivity index (χ4v) is 8.58. The Balaban J connectivity index is 1.43. The molecule has 0 aliphatic carbocycles. The number of nitrogens with one attached hydrogen (secondary N) is 1. The second-order valence-corrected chi connectivity index (χ2v) is 13.8. The minimum atomic E-state index is -3.81. The Morgan fingerprint density at radius 1 is 1.02 bits per heavy atom. The van der Waals surface area contributed by atoms with Crippen molar-refractivity contribution in [2.75, 3.05) is 52.4 Å². The number of fused-ring (bicyclic) bond motifs is 2. The van der Waals surface area contributed by atoms with Gasteiger partial charge in [0.05, 0.1) is 34.9 Å². The minimum Gasteiger partial charge on any atom is -0.383 e. The summed E-state index contributed by atoms with van der Waals surface area (Å²) in [6.07, 6.45) is 0.668. The van der Waals surface area contributed by atoms with Crippen molar-refractivity contribution in [1.29, 1.82) is 0 Å². The number of rotatable bonds is 11. The molecule has 0 atom stereocenters. The van der Waals surface area contributed by atoms with Crippen molar-refractivity contribution in [3.8, 4) is 10.6 Å². The zero-order valence-electron chi connectivity index (χ0n) is 23.6. The number of carbonyl (C=O) groups is 2. The minimum absolute atomic E-state index is 0.0132. The molecule has 4 aromatic rings. The quantitative estimate of drug-likeness (QED) is 0.261. The maximum atomic E-state index is 13.5. The van der Waals surface area contributed by atoms with Crippen LogP contribution in [-0.4, -0.2) is 81.5 Å². The smallest absolute Gasteiger partial charge is 0.256 e. The maximum absolute atomic E-state index is 13.5. The van der Waals surface area contributed by atoms with Crippen molar-refractivity contribution in [2.24, 2.45) is 0 Å². The van der Waals surface area contributed by atoms with E-state index in [2.05, 4.69) is 5.32 Å². The molecule has 0 saturated heterocycles. The fraction of sp³-hybridized carbons (Fsp3) is 0.345. The molecule has 0 unspecified atom stereocenters. The highest BCUT2D eigenvalue weighted by molar-refractivity contribution is 7.89. The fourth-order valence-electron chi connectivity index (χ4n) is 4.81. The molecule has 2 aromatic heterocycles. The van der Waals surface area contributed by atoms with Crippen LogP contribution in [0.25, 0.3) is 20.8 Å². The zero-order chi connectivity index (χ0) is 29.9. The molecule has 0 fully saturated rings. The van der Waals surface area contributed by atoms with Crippen LogP contribution in [0.4, 0.5) is 5.00 Å². The van der Waals surface area contributed by atoms with Crippen LogP contribution in [0.5, 0.6) is 0 Å². The van der Waals surface area contributed by atoms with Crippen molar-refractivity contribution in [1.82, 2.24) is 14.2 Å². The van der Waals surface area contributed by atoms with Gasteiger partial charge in [0, 0.05) is 56.8 Å². The number of hydrogen-bond donors (Lipinski definition) is 1. The lowest BCUT2D eigenvalue weighted by atomic mass is 10.0. The van der Waals surface area contributed by atoms with Crippen LogP contribution in [-0.2, 0) is 37.3 Å². The Labute approximate surface area is 252 Å². The Morgan fingerprint density at radius 3 is 2.36 bits per heavy atom. The molecule has 13 heteroatoms. The van der Waals surface area contributed by atoms with Gasteiger partial charge in [-0.2, -0.15) is 4.31 Å². The monoisotopic (exact) mass is 628 g/mol. The summed E-state index contributed by atoms with van der Waals surface area (Å²) in [5.74, 6) is -0.349. The van der Waals surface area contributed by atoms with Crippen LogP contribution in [0, 0.1) is 0 Å². The van der Waals surface area contributed by atoms with E-state index in [4.69, 9.17) is 14.5 Å².